The summed E-state index contributed by atoms with van der Waals surface area (Å²) >= 11 is 0. The molecule has 15 heteroatoms. The van der Waals surface area contributed by atoms with Gasteiger partial charge >= 0.3 is 24.3 Å². The summed E-state index contributed by atoms with van der Waals surface area (Å²) in [6.45, 7) is 5.64. The van der Waals surface area contributed by atoms with Crippen molar-refractivity contribution in [2.75, 3.05) is 13.2 Å². The molecule has 37 heavy (non-hydrogen) atoms. The highest BCUT2D eigenvalue weighted by atomic mass is 19.4. The van der Waals surface area contributed by atoms with E-state index < -0.39 is 24.3 Å². The van der Waals surface area contributed by atoms with Gasteiger partial charge < -0.3 is 19.5 Å². The Morgan fingerprint density at radius 2 is 1.57 bits per heavy atom. The predicted octanol–water partition coefficient (Wildman–Crippen LogP) is 3.88. The van der Waals surface area contributed by atoms with E-state index >= 15 is 0 Å². The molecule has 3 heterocycles. The molecular weight excluding hydrogens is 514 g/mol. The number of hydrogen-bond acceptors (Lipinski definition) is 6. The van der Waals surface area contributed by atoms with Gasteiger partial charge in [-0.2, -0.15) is 26.3 Å². The molecule has 0 aromatic carbocycles. The highest BCUT2D eigenvalue weighted by Gasteiger charge is 2.38. The average molecular weight is 540 g/mol. The Labute approximate surface area is 207 Å². The van der Waals surface area contributed by atoms with Crippen LogP contribution in [0.3, 0.4) is 0 Å². The molecular formula is C22H26F6N4O5. The van der Waals surface area contributed by atoms with Crippen molar-refractivity contribution in [3.05, 3.63) is 47.8 Å². The van der Waals surface area contributed by atoms with Crippen molar-refractivity contribution in [3.63, 3.8) is 0 Å². The van der Waals surface area contributed by atoms with E-state index in [1.165, 1.54) is 24.1 Å². The quantitative estimate of drug-likeness (QED) is 0.531. The first-order chi connectivity index (χ1) is 17.3. The third-order valence-electron chi connectivity index (χ3n) is 5.21. The van der Waals surface area contributed by atoms with Crippen molar-refractivity contribution >= 4 is 11.9 Å². The first-order valence-electron chi connectivity index (χ1n) is 11.1. The Morgan fingerprint density at radius 1 is 1.00 bits per heavy atom. The van der Waals surface area contributed by atoms with E-state index in [1.807, 2.05) is 18.7 Å². The van der Waals surface area contributed by atoms with Crippen LogP contribution in [0.5, 0.6) is 0 Å². The van der Waals surface area contributed by atoms with Crippen LogP contribution >= 0.6 is 0 Å². The molecule has 2 aromatic rings. The predicted molar refractivity (Wildman–Crippen MR) is 115 cm³/mol. The molecule has 4 rings (SSSR count). The number of aliphatic carboxylic acids is 2. The molecule has 2 aromatic heterocycles. The number of fused-ring (bicyclic) bond motifs is 1. The number of imidazole rings is 1. The van der Waals surface area contributed by atoms with Crippen LogP contribution in [0.1, 0.15) is 36.2 Å². The zero-order valence-corrected chi connectivity index (χ0v) is 19.5. The van der Waals surface area contributed by atoms with Gasteiger partial charge in [0.15, 0.2) is 0 Å². The monoisotopic (exact) mass is 540 g/mol. The van der Waals surface area contributed by atoms with E-state index in [9.17, 15) is 26.3 Å². The zero-order chi connectivity index (χ0) is 27.6. The first kappa shape index (κ1) is 30.0. The second-order valence-electron chi connectivity index (χ2n) is 8.32. The number of alkyl halides is 6. The van der Waals surface area contributed by atoms with E-state index in [-0.39, 0.29) is 0 Å². The third-order valence-corrected chi connectivity index (χ3v) is 5.21. The fourth-order valence-corrected chi connectivity index (χ4v) is 3.19. The fourth-order valence-electron chi connectivity index (χ4n) is 3.19. The number of pyridine rings is 1. The molecule has 0 bridgehead atoms. The molecule has 2 aliphatic rings. The lowest BCUT2D eigenvalue weighted by Crippen LogP contribution is -2.23. The summed E-state index contributed by atoms with van der Waals surface area (Å²) in [5, 5.41) is 14.2. The number of halogens is 6. The molecule has 1 saturated carbocycles. The maximum Gasteiger partial charge on any atom is 0.490 e. The minimum absolute atomic E-state index is 0.655. The first-order valence-corrected chi connectivity index (χ1v) is 11.1. The summed E-state index contributed by atoms with van der Waals surface area (Å²) < 4.78 is 71.6. The van der Waals surface area contributed by atoms with Crippen molar-refractivity contribution in [2.24, 2.45) is 5.92 Å². The SMILES string of the molecule is O=C(O)C(F)(F)F.O=C(O)C(F)(F)F.c1cc(CN2CCCn3cnc(COCC4CC4)c3C2)ccn1. The highest BCUT2D eigenvalue weighted by Crippen LogP contribution is 2.29. The Hall–Kier alpha value is -3.20. The number of rotatable bonds is 6. The van der Waals surface area contributed by atoms with Crippen LogP contribution < -0.4 is 0 Å². The van der Waals surface area contributed by atoms with Gasteiger partial charge in [-0.1, -0.05) is 0 Å². The summed E-state index contributed by atoms with van der Waals surface area (Å²) in [7, 11) is 0. The fraction of sp³-hybridized carbons (Fsp3) is 0.545. The van der Waals surface area contributed by atoms with E-state index in [2.05, 4.69) is 31.6 Å². The van der Waals surface area contributed by atoms with Crippen molar-refractivity contribution in [2.45, 2.75) is 57.9 Å². The molecule has 0 atom stereocenters. The molecule has 0 amide bonds. The van der Waals surface area contributed by atoms with E-state index in [0.717, 1.165) is 50.8 Å². The Kier molecular flexibility index (Phi) is 10.9. The molecule has 206 valence electrons. The molecule has 9 nitrogen and oxygen atoms in total. The standard InChI is InChI=1S/C18H24N4O.2C2HF3O2/c1-8-21(10-15-4-6-19-7-5-15)11-18-17(20-14-22(18)9-1)13-23-12-16-2-3-16;2*3-2(4,5)1(6)7/h4-7,14,16H,1-3,8-13H2;2*(H,6,7). The van der Waals surface area contributed by atoms with E-state index in [0.29, 0.717) is 6.61 Å². The third kappa shape index (κ3) is 11.2. The summed E-state index contributed by atoms with van der Waals surface area (Å²) in [6.07, 6.45) is -0.608. The normalized spacial score (nSPS) is 15.8. The Morgan fingerprint density at radius 3 is 2.08 bits per heavy atom. The number of carboxylic acid groups (broad SMARTS) is 2. The second-order valence-corrected chi connectivity index (χ2v) is 8.32. The maximum atomic E-state index is 10.6. The van der Waals surface area contributed by atoms with Gasteiger partial charge in [0.05, 0.1) is 24.3 Å². The molecule has 0 radical (unpaired) electrons. The minimum atomic E-state index is -5.08. The van der Waals surface area contributed by atoms with Crippen molar-refractivity contribution in [1.82, 2.24) is 19.4 Å². The Bertz CT molecular complexity index is 985. The topological polar surface area (TPSA) is 118 Å². The number of aryl methyl sites for hydroxylation is 1. The smallest absolute Gasteiger partial charge is 0.475 e. The van der Waals surface area contributed by atoms with Gasteiger partial charge in [0.1, 0.15) is 0 Å². The van der Waals surface area contributed by atoms with E-state index in [1.54, 1.807) is 0 Å². The summed E-state index contributed by atoms with van der Waals surface area (Å²) in [4.78, 5) is 29.0. The van der Waals surface area contributed by atoms with Crippen molar-refractivity contribution in [1.29, 1.82) is 0 Å². The number of nitrogens with zero attached hydrogens (tertiary/aromatic N) is 4. The van der Waals surface area contributed by atoms with Crippen LogP contribution in [0.15, 0.2) is 30.9 Å². The van der Waals surface area contributed by atoms with E-state index in [4.69, 9.17) is 24.5 Å². The molecule has 0 spiro atoms. The lowest BCUT2D eigenvalue weighted by atomic mass is 10.2. The highest BCUT2D eigenvalue weighted by molar-refractivity contribution is 5.73. The van der Waals surface area contributed by atoms with Crippen LogP contribution in [0.2, 0.25) is 0 Å². The largest absolute Gasteiger partial charge is 0.490 e. The number of hydrogen-bond donors (Lipinski definition) is 2. The summed E-state index contributed by atoms with van der Waals surface area (Å²) in [5.74, 6) is -4.71. The number of ether oxygens (including phenoxy) is 1. The molecule has 0 saturated heterocycles. The van der Waals surface area contributed by atoms with Gasteiger partial charge in [-0.05, 0) is 42.9 Å². The lowest BCUT2D eigenvalue weighted by Gasteiger charge is -2.20. The van der Waals surface area contributed by atoms with Gasteiger partial charge in [-0.3, -0.25) is 9.88 Å². The number of carbonyl (C=O) groups is 2. The van der Waals surface area contributed by atoms with Crippen LogP contribution in [0.4, 0.5) is 26.3 Å². The van der Waals surface area contributed by atoms with Crippen LogP contribution in [0, 0.1) is 5.92 Å². The van der Waals surface area contributed by atoms with Gasteiger partial charge in [0, 0.05) is 45.2 Å². The van der Waals surface area contributed by atoms with Gasteiger partial charge in [0.25, 0.3) is 0 Å². The molecule has 1 aliphatic carbocycles. The molecule has 0 unspecified atom stereocenters. The number of carboxylic acids is 2. The molecule has 1 fully saturated rings. The summed E-state index contributed by atoms with van der Waals surface area (Å²) in [6, 6.07) is 4.20. The Balaban J connectivity index is 0.000000286. The second kappa shape index (κ2) is 13.4. The molecule has 1 aliphatic heterocycles. The van der Waals surface area contributed by atoms with Crippen molar-refractivity contribution < 1.29 is 50.9 Å². The zero-order valence-electron chi connectivity index (χ0n) is 19.5. The average Bonchev–Trinajstić information content (AvgIpc) is 3.59. The minimum Gasteiger partial charge on any atom is -0.475 e. The van der Waals surface area contributed by atoms with Gasteiger partial charge in [-0.25, -0.2) is 14.6 Å². The van der Waals surface area contributed by atoms with Crippen LogP contribution in [0.25, 0.3) is 0 Å². The maximum absolute atomic E-state index is 10.6. The lowest BCUT2D eigenvalue weighted by molar-refractivity contribution is -0.193. The number of aromatic nitrogens is 3. The summed E-state index contributed by atoms with van der Waals surface area (Å²) in [5.41, 5.74) is 3.76. The van der Waals surface area contributed by atoms with Crippen LogP contribution in [-0.4, -0.2) is 67.1 Å². The van der Waals surface area contributed by atoms with Gasteiger partial charge in [0.2, 0.25) is 0 Å². The van der Waals surface area contributed by atoms with Crippen LogP contribution in [-0.2, 0) is 40.6 Å². The molecule has 2 N–H and O–H groups in total. The van der Waals surface area contributed by atoms with Crippen molar-refractivity contribution in [3.8, 4) is 0 Å². The van der Waals surface area contributed by atoms with Gasteiger partial charge in [-0.15, -0.1) is 0 Å².